The monoisotopic (exact) mass is 548 g/mol. The van der Waals surface area contributed by atoms with Gasteiger partial charge >= 0.3 is 0 Å². The van der Waals surface area contributed by atoms with Gasteiger partial charge in [0.15, 0.2) is 0 Å². The van der Waals surface area contributed by atoms with Crippen LogP contribution in [0.1, 0.15) is 53.6 Å². The summed E-state index contributed by atoms with van der Waals surface area (Å²) in [5.74, 6) is 3.61. The summed E-state index contributed by atoms with van der Waals surface area (Å²) in [6.45, 7) is 7.06. The molecule has 4 rings (SSSR count). The molecule has 2 aromatic carbocycles. The van der Waals surface area contributed by atoms with Crippen LogP contribution in [0.4, 0.5) is 10.7 Å². The lowest BCUT2D eigenvalue weighted by Crippen LogP contribution is -2.27. The van der Waals surface area contributed by atoms with Gasteiger partial charge in [0.25, 0.3) is 5.91 Å². The molecule has 0 radical (unpaired) electrons. The zero-order valence-corrected chi connectivity index (χ0v) is 22.6. The average Bonchev–Trinajstić information content (AvgIpc) is 3.20. The molecule has 1 atom stereocenters. The fourth-order valence-corrected chi connectivity index (χ4v) is 6.00. The number of aliphatic imine (C=N–C) groups is 1. The average molecular weight is 550 g/mol. The molecule has 0 saturated heterocycles. The van der Waals surface area contributed by atoms with Gasteiger partial charge in [-0.1, -0.05) is 60.8 Å². The van der Waals surface area contributed by atoms with E-state index in [1.165, 1.54) is 4.88 Å². The fourth-order valence-electron chi connectivity index (χ4n) is 4.35. The van der Waals surface area contributed by atoms with Crippen LogP contribution in [0, 0.1) is 23.7 Å². The Balaban J connectivity index is 1.72. The Kier molecular flexibility index (Phi) is 7.78. The second kappa shape index (κ2) is 10.8. The molecule has 6 heteroatoms. The first kappa shape index (κ1) is 25.2. The molecule has 4 nitrogen and oxygen atoms in total. The van der Waals surface area contributed by atoms with E-state index in [9.17, 15) is 4.79 Å². The molecule has 0 spiro atoms. The second-order valence-corrected chi connectivity index (χ2v) is 11.7. The van der Waals surface area contributed by atoms with E-state index in [1.54, 1.807) is 17.6 Å². The zero-order valence-electron chi connectivity index (χ0n) is 20.2. The Morgan fingerprint density at radius 3 is 2.77 bits per heavy atom. The Hall–Kier alpha value is -2.88. The zero-order chi connectivity index (χ0) is 25.0. The number of amides is 1. The number of anilines is 1. The summed E-state index contributed by atoms with van der Waals surface area (Å²) >= 11 is 5.14. The Labute approximate surface area is 220 Å². The van der Waals surface area contributed by atoms with Crippen molar-refractivity contribution < 1.29 is 9.53 Å². The number of fused-ring (bicyclic) bond motifs is 1. The van der Waals surface area contributed by atoms with Gasteiger partial charge in [-0.25, -0.2) is 4.99 Å². The van der Waals surface area contributed by atoms with Crippen LogP contribution in [0.3, 0.4) is 0 Å². The van der Waals surface area contributed by atoms with Crippen LogP contribution >= 0.6 is 27.3 Å². The molecule has 1 N–H and O–H groups in total. The van der Waals surface area contributed by atoms with Crippen LogP contribution in [0.2, 0.25) is 0 Å². The molecular weight excluding hydrogens is 520 g/mol. The van der Waals surface area contributed by atoms with Gasteiger partial charge in [0.1, 0.15) is 17.4 Å². The highest BCUT2D eigenvalue weighted by molar-refractivity contribution is 9.10. The number of ether oxygens (including phenoxy) is 1. The van der Waals surface area contributed by atoms with Gasteiger partial charge in [0, 0.05) is 26.8 Å². The molecule has 0 fully saturated rings. The van der Waals surface area contributed by atoms with Crippen molar-refractivity contribution in [3.8, 4) is 18.1 Å². The molecule has 180 valence electrons. The highest BCUT2D eigenvalue weighted by Crippen LogP contribution is 2.45. The third-order valence-corrected chi connectivity index (χ3v) is 7.99. The minimum absolute atomic E-state index is 0.117. The first-order valence-electron chi connectivity index (χ1n) is 11.7. The smallest absolute Gasteiger partial charge is 0.259 e. The van der Waals surface area contributed by atoms with Crippen molar-refractivity contribution >= 4 is 50.1 Å². The van der Waals surface area contributed by atoms with Crippen LogP contribution in [-0.4, -0.2) is 18.7 Å². The van der Waals surface area contributed by atoms with E-state index in [0.29, 0.717) is 17.2 Å². The molecule has 1 aliphatic rings. The molecular formula is C29H29BrN2O2S. The molecule has 1 aliphatic carbocycles. The summed E-state index contributed by atoms with van der Waals surface area (Å²) in [4.78, 5) is 19.6. The number of nitrogens with one attached hydrogen (secondary N) is 1. The molecule has 1 aromatic heterocycles. The highest BCUT2D eigenvalue weighted by atomic mass is 79.9. The summed E-state index contributed by atoms with van der Waals surface area (Å²) in [5.41, 5.74) is 3.60. The van der Waals surface area contributed by atoms with Crippen molar-refractivity contribution in [3.05, 3.63) is 74.6 Å². The maximum absolute atomic E-state index is 13.5. The Morgan fingerprint density at radius 1 is 1.29 bits per heavy atom. The molecule has 0 bridgehead atoms. The van der Waals surface area contributed by atoms with E-state index >= 15 is 0 Å². The molecule has 0 aliphatic heterocycles. The van der Waals surface area contributed by atoms with Crippen LogP contribution in [-0.2, 0) is 12.8 Å². The van der Waals surface area contributed by atoms with E-state index in [4.69, 9.17) is 16.2 Å². The normalized spacial score (nSPS) is 15.5. The van der Waals surface area contributed by atoms with Crippen LogP contribution in [0.25, 0.3) is 0 Å². The first-order chi connectivity index (χ1) is 16.8. The number of halogens is 1. The SMILES string of the molecule is C#CCOc1ccc(Br)cc1C=Nc1sc2c(c1C(=O)Nc1ccccc1)CC[C@H](C(C)(C)C)C2. The largest absolute Gasteiger partial charge is 0.480 e. The predicted octanol–water partition coefficient (Wildman–Crippen LogP) is 7.68. The summed E-state index contributed by atoms with van der Waals surface area (Å²) in [6, 6.07) is 15.2. The maximum Gasteiger partial charge on any atom is 0.259 e. The highest BCUT2D eigenvalue weighted by Gasteiger charge is 2.33. The van der Waals surface area contributed by atoms with Crippen molar-refractivity contribution in [1.82, 2.24) is 0 Å². The van der Waals surface area contributed by atoms with Gasteiger partial charge in [0.05, 0.1) is 5.56 Å². The van der Waals surface area contributed by atoms with Crippen LogP contribution in [0.15, 0.2) is 58.0 Å². The number of para-hydroxylation sites is 1. The predicted molar refractivity (Wildman–Crippen MR) is 149 cm³/mol. The maximum atomic E-state index is 13.5. The Morgan fingerprint density at radius 2 is 2.06 bits per heavy atom. The lowest BCUT2D eigenvalue weighted by molar-refractivity contribution is 0.102. The number of hydrogen-bond acceptors (Lipinski definition) is 4. The summed E-state index contributed by atoms with van der Waals surface area (Å²) in [5, 5.41) is 3.79. The van der Waals surface area contributed by atoms with Crippen molar-refractivity contribution in [3.63, 3.8) is 0 Å². The van der Waals surface area contributed by atoms with Gasteiger partial charge in [-0.05, 0) is 66.5 Å². The molecule has 1 amide bonds. The summed E-state index contributed by atoms with van der Waals surface area (Å²) in [6.07, 6.45) is 10.1. The number of benzene rings is 2. The van der Waals surface area contributed by atoms with Crippen molar-refractivity contribution in [2.75, 3.05) is 11.9 Å². The first-order valence-corrected chi connectivity index (χ1v) is 13.3. The van der Waals surface area contributed by atoms with E-state index < -0.39 is 0 Å². The van der Waals surface area contributed by atoms with E-state index in [0.717, 1.165) is 45.6 Å². The molecule has 0 unspecified atom stereocenters. The minimum atomic E-state index is -0.117. The third-order valence-electron chi connectivity index (χ3n) is 6.33. The number of hydrogen-bond donors (Lipinski definition) is 1. The number of nitrogens with zero attached hydrogens (tertiary/aromatic N) is 1. The fraction of sp³-hybridized carbons (Fsp3) is 0.310. The van der Waals surface area contributed by atoms with Crippen LogP contribution < -0.4 is 10.1 Å². The van der Waals surface area contributed by atoms with Gasteiger partial charge in [-0.15, -0.1) is 17.8 Å². The summed E-state index contributed by atoms with van der Waals surface area (Å²) < 4.78 is 6.60. The second-order valence-electron chi connectivity index (χ2n) is 9.74. The number of carbonyl (C=O) groups excluding carboxylic acids is 1. The van der Waals surface area contributed by atoms with E-state index in [-0.39, 0.29) is 17.9 Å². The lowest BCUT2D eigenvalue weighted by Gasteiger charge is -2.33. The topological polar surface area (TPSA) is 50.7 Å². The van der Waals surface area contributed by atoms with Crippen molar-refractivity contribution in [2.45, 2.75) is 40.0 Å². The molecule has 35 heavy (non-hydrogen) atoms. The molecule has 1 heterocycles. The lowest BCUT2D eigenvalue weighted by atomic mass is 9.72. The molecule has 3 aromatic rings. The molecule has 0 saturated carbocycles. The standard InChI is InChI=1S/C29H29BrN2O2S/c1-5-15-34-24-14-12-21(30)16-19(24)18-31-28-26(27(33)32-22-9-7-6-8-10-22)23-13-11-20(29(2,3)4)17-25(23)35-28/h1,6-10,12,14,16,18,20H,11,13,15,17H2,2-4H3,(H,32,33)/t20-/m0/s1. The number of carbonyl (C=O) groups is 1. The van der Waals surface area contributed by atoms with Gasteiger partial charge in [-0.3, -0.25) is 4.79 Å². The number of thiophene rings is 1. The Bertz CT molecular complexity index is 1280. The van der Waals surface area contributed by atoms with Crippen molar-refractivity contribution in [1.29, 1.82) is 0 Å². The van der Waals surface area contributed by atoms with Gasteiger partial charge < -0.3 is 10.1 Å². The quantitative estimate of drug-likeness (QED) is 0.253. The van der Waals surface area contributed by atoms with Crippen molar-refractivity contribution in [2.24, 2.45) is 16.3 Å². The van der Waals surface area contributed by atoms with E-state index in [1.807, 2.05) is 48.5 Å². The van der Waals surface area contributed by atoms with Gasteiger partial charge in [0.2, 0.25) is 0 Å². The number of terminal acetylenes is 1. The van der Waals surface area contributed by atoms with Crippen LogP contribution in [0.5, 0.6) is 5.75 Å². The minimum Gasteiger partial charge on any atom is -0.480 e. The number of rotatable bonds is 6. The van der Waals surface area contributed by atoms with Gasteiger partial charge in [-0.2, -0.15) is 0 Å². The third kappa shape index (κ3) is 6.04. The van der Waals surface area contributed by atoms with E-state index in [2.05, 4.69) is 47.9 Å². The summed E-state index contributed by atoms with van der Waals surface area (Å²) in [7, 11) is 0.